The van der Waals surface area contributed by atoms with E-state index >= 15 is 0 Å². The summed E-state index contributed by atoms with van der Waals surface area (Å²) in [6, 6.07) is 16.6. The average molecular weight is 252 g/mol. The summed E-state index contributed by atoms with van der Waals surface area (Å²) in [6.45, 7) is 0. The molecule has 2 aromatic carbocycles. The first-order valence-corrected chi connectivity index (χ1v) is 6.53. The predicted octanol–water partition coefficient (Wildman–Crippen LogP) is 3.24. The number of fused-ring (bicyclic) bond motifs is 1. The van der Waals surface area contributed by atoms with Crippen LogP contribution in [-0.4, -0.2) is 13.1 Å². The molecule has 1 aliphatic carbocycles. The summed E-state index contributed by atoms with van der Waals surface area (Å²) in [5.74, 6) is -0.125. The van der Waals surface area contributed by atoms with E-state index in [1.165, 1.54) is 29.4 Å². The Bertz CT molecular complexity index is 602. The first kappa shape index (κ1) is 12.0. The van der Waals surface area contributed by atoms with Gasteiger partial charge >= 0.3 is 5.97 Å². The van der Waals surface area contributed by atoms with Crippen LogP contribution in [-0.2, 0) is 22.4 Å². The summed E-state index contributed by atoms with van der Waals surface area (Å²) >= 11 is 0. The molecule has 0 heterocycles. The van der Waals surface area contributed by atoms with E-state index in [1.54, 1.807) is 0 Å². The molecule has 0 radical (unpaired) electrons. The lowest BCUT2D eigenvalue weighted by molar-refractivity contribution is -0.145. The van der Waals surface area contributed by atoms with Gasteiger partial charge in [0.2, 0.25) is 0 Å². The van der Waals surface area contributed by atoms with Crippen molar-refractivity contribution in [2.75, 3.05) is 7.11 Å². The highest BCUT2D eigenvalue weighted by Gasteiger charge is 2.29. The van der Waals surface area contributed by atoms with Crippen LogP contribution in [0, 0.1) is 5.92 Å². The SMILES string of the molecule is COC(=O)C1Cc2cccc(-c3ccccc3)c2C1. The second kappa shape index (κ2) is 4.88. The Morgan fingerprint density at radius 1 is 1.05 bits per heavy atom. The molecule has 0 aromatic heterocycles. The molecule has 1 unspecified atom stereocenters. The number of rotatable bonds is 2. The molecular formula is C17H16O2. The summed E-state index contributed by atoms with van der Waals surface area (Å²) in [4.78, 5) is 11.7. The van der Waals surface area contributed by atoms with E-state index in [4.69, 9.17) is 4.74 Å². The van der Waals surface area contributed by atoms with Crippen molar-refractivity contribution in [3.63, 3.8) is 0 Å². The highest BCUT2D eigenvalue weighted by Crippen LogP contribution is 2.35. The summed E-state index contributed by atoms with van der Waals surface area (Å²) in [5.41, 5.74) is 5.02. The minimum absolute atomic E-state index is 0.0233. The topological polar surface area (TPSA) is 26.3 Å². The number of hydrogen-bond acceptors (Lipinski definition) is 2. The first-order chi connectivity index (χ1) is 9.29. The Hall–Kier alpha value is -2.09. The maximum absolute atomic E-state index is 11.7. The van der Waals surface area contributed by atoms with Crippen molar-refractivity contribution in [3.8, 4) is 11.1 Å². The molecule has 0 N–H and O–H groups in total. The number of ether oxygens (including phenoxy) is 1. The summed E-state index contributed by atoms with van der Waals surface area (Å²) in [5, 5.41) is 0. The molecule has 19 heavy (non-hydrogen) atoms. The number of methoxy groups -OCH3 is 1. The maximum atomic E-state index is 11.7. The van der Waals surface area contributed by atoms with Crippen molar-refractivity contribution in [1.29, 1.82) is 0 Å². The smallest absolute Gasteiger partial charge is 0.309 e. The number of carbonyl (C=O) groups excluding carboxylic acids is 1. The standard InChI is InChI=1S/C17H16O2/c1-19-17(18)14-10-13-8-5-9-15(16(13)11-14)12-6-3-2-4-7-12/h2-9,14H,10-11H2,1H3. The van der Waals surface area contributed by atoms with Gasteiger partial charge in [-0.2, -0.15) is 0 Å². The van der Waals surface area contributed by atoms with Gasteiger partial charge in [0.25, 0.3) is 0 Å². The van der Waals surface area contributed by atoms with Gasteiger partial charge in [-0.05, 0) is 35.1 Å². The second-order valence-corrected chi connectivity index (χ2v) is 4.94. The molecule has 0 saturated heterocycles. The monoisotopic (exact) mass is 252 g/mol. The van der Waals surface area contributed by atoms with Gasteiger partial charge in [-0.25, -0.2) is 0 Å². The van der Waals surface area contributed by atoms with Gasteiger partial charge in [0.1, 0.15) is 0 Å². The van der Waals surface area contributed by atoms with E-state index in [2.05, 4.69) is 30.3 Å². The van der Waals surface area contributed by atoms with E-state index in [0.29, 0.717) is 0 Å². The first-order valence-electron chi connectivity index (χ1n) is 6.53. The van der Waals surface area contributed by atoms with Gasteiger partial charge in [0.05, 0.1) is 13.0 Å². The third kappa shape index (κ3) is 2.14. The van der Waals surface area contributed by atoms with Gasteiger partial charge < -0.3 is 4.74 Å². The van der Waals surface area contributed by atoms with E-state index in [0.717, 1.165) is 12.8 Å². The predicted molar refractivity (Wildman–Crippen MR) is 74.8 cm³/mol. The normalized spacial score (nSPS) is 17.0. The molecule has 0 spiro atoms. The highest BCUT2D eigenvalue weighted by molar-refractivity contribution is 5.77. The Balaban J connectivity index is 2.00. The van der Waals surface area contributed by atoms with Gasteiger partial charge in [-0.3, -0.25) is 4.79 Å². The van der Waals surface area contributed by atoms with E-state index in [1.807, 2.05) is 18.2 Å². The largest absolute Gasteiger partial charge is 0.469 e. The summed E-state index contributed by atoms with van der Waals surface area (Å²) < 4.78 is 4.87. The number of hydrogen-bond donors (Lipinski definition) is 0. The second-order valence-electron chi connectivity index (χ2n) is 4.94. The fraction of sp³-hybridized carbons (Fsp3) is 0.235. The number of benzene rings is 2. The van der Waals surface area contributed by atoms with Crippen LogP contribution in [0.2, 0.25) is 0 Å². The summed E-state index contributed by atoms with van der Waals surface area (Å²) in [7, 11) is 1.46. The van der Waals surface area contributed by atoms with Gasteiger partial charge in [-0.1, -0.05) is 48.5 Å². The molecular weight excluding hydrogens is 236 g/mol. The van der Waals surface area contributed by atoms with E-state index < -0.39 is 0 Å². The zero-order valence-electron chi connectivity index (χ0n) is 10.9. The molecule has 3 rings (SSSR count). The molecule has 2 nitrogen and oxygen atoms in total. The highest BCUT2D eigenvalue weighted by atomic mass is 16.5. The van der Waals surface area contributed by atoms with Crippen LogP contribution in [0.3, 0.4) is 0 Å². The fourth-order valence-corrected chi connectivity index (χ4v) is 2.87. The lowest BCUT2D eigenvalue weighted by Gasteiger charge is -2.08. The third-order valence-corrected chi connectivity index (χ3v) is 3.81. The lowest BCUT2D eigenvalue weighted by atomic mass is 9.97. The van der Waals surface area contributed by atoms with Crippen LogP contribution in [0.25, 0.3) is 11.1 Å². The Morgan fingerprint density at radius 3 is 2.58 bits per heavy atom. The maximum Gasteiger partial charge on any atom is 0.309 e. The molecule has 0 amide bonds. The van der Waals surface area contributed by atoms with Crippen molar-refractivity contribution in [2.24, 2.45) is 5.92 Å². The Morgan fingerprint density at radius 2 is 1.84 bits per heavy atom. The van der Waals surface area contributed by atoms with Gasteiger partial charge in [-0.15, -0.1) is 0 Å². The molecule has 1 aliphatic rings. The Kier molecular flexibility index (Phi) is 3.08. The summed E-state index contributed by atoms with van der Waals surface area (Å²) in [6.07, 6.45) is 1.58. The lowest BCUT2D eigenvalue weighted by Crippen LogP contribution is -2.15. The Labute approximate surface area is 113 Å². The van der Waals surface area contributed by atoms with Crippen molar-refractivity contribution in [1.82, 2.24) is 0 Å². The zero-order valence-corrected chi connectivity index (χ0v) is 10.9. The third-order valence-electron chi connectivity index (χ3n) is 3.81. The van der Waals surface area contributed by atoms with Crippen LogP contribution in [0.4, 0.5) is 0 Å². The molecule has 96 valence electrons. The number of esters is 1. The minimum Gasteiger partial charge on any atom is -0.469 e. The van der Waals surface area contributed by atoms with E-state index in [-0.39, 0.29) is 11.9 Å². The molecule has 0 bridgehead atoms. The van der Waals surface area contributed by atoms with Crippen LogP contribution in [0.5, 0.6) is 0 Å². The van der Waals surface area contributed by atoms with Crippen molar-refractivity contribution in [2.45, 2.75) is 12.8 Å². The van der Waals surface area contributed by atoms with Crippen LogP contribution < -0.4 is 0 Å². The van der Waals surface area contributed by atoms with Crippen LogP contribution in [0.1, 0.15) is 11.1 Å². The van der Waals surface area contributed by atoms with Gasteiger partial charge in [0, 0.05) is 0 Å². The van der Waals surface area contributed by atoms with Crippen molar-refractivity contribution < 1.29 is 9.53 Å². The fourth-order valence-electron chi connectivity index (χ4n) is 2.87. The quantitative estimate of drug-likeness (QED) is 0.767. The molecule has 1 atom stereocenters. The van der Waals surface area contributed by atoms with E-state index in [9.17, 15) is 4.79 Å². The number of carbonyl (C=O) groups is 1. The molecule has 2 aromatic rings. The molecule has 0 fully saturated rings. The zero-order chi connectivity index (χ0) is 13.2. The molecule has 0 saturated carbocycles. The van der Waals surface area contributed by atoms with Crippen LogP contribution >= 0.6 is 0 Å². The van der Waals surface area contributed by atoms with Crippen molar-refractivity contribution in [3.05, 3.63) is 59.7 Å². The minimum atomic E-state index is -0.102. The molecule has 2 heteroatoms. The van der Waals surface area contributed by atoms with Gasteiger partial charge in [0.15, 0.2) is 0 Å². The molecule has 0 aliphatic heterocycles. The average Bonchev–Trinajstić information content (AvgIpc) is 2.91. The van der Waals surface area contributed by atoms with Crippen LogP contribution in [0.15, 0.2) is 48.5 Å². The van der Waals surface area contributed by atoms with Crippen molar-refractivity contribution >= 4 is 5.97 Å².